The maximum atomic E-state index is 12.3. The minimum atomic E-state index is -0.169. The second-order valence-electron chi connectivity index (χ2n) is 7.81. The van der Waals surface area contributed by atoms with E-state index < -0.39 is 0 Å². The number of rotatable bonds is 7. The number of amides is 1. The highest BCUT2D eigenvalue weighted by molar-refractivity contribution is 8.18. The van der Waals surface area contributed by atoms with Gasteiger partial charge in [0.1, 0.15) is 12.4 Å². The lowest BCUT2D eigenvalue weighted by Gasteiger charge is -2.09. The van der Waals surface area contributed by atoms with Crippen LogP contribution >= 0.6 is 35.0 Å². The number of ether oxygens (including phenoxy) is 1. The molecule has 1 aliphatic heterocycles. The predicted molar refractivity (Wildman–Crippen MR) is 144 cm³/mol. The summed E-state index contributed by atoms with van der Waals surface area (Å²) in [4.78, 5) is 17.4. The van der Waals surface area contributed by atoms with Gasteiger partial charge in [0.05, 0.1) is 39.1 Å². The van der Waals surface area contributed by atoms with Crippen LogP contribution in [0.4, 0.5) is 5.69 Å². The van der Waals surface area contributed by atoms with Crippen LogP contribution in [0.3, 0.4) is 0 Å². The zero-order chi connectivity index (χ0) is 24.9. The van der Waals surface area contributed by atoms with Gasteiger partial charge in [-0.1, -0.05) is 64.8 Å². The summed E-state index contributed by atoms with van der Waals surface area (Å²) in [5, 5.41) is 12.5. The summed E-state index contributed by atoms with van der Waals surface area (Å²) in [5.74, 6) is 0.520. The molecule has 0 atom stereocenters. The van der Waals surface area contributed by atoms with Crippen molar-refractivity contribution in [2.75, 3.05) is 0 Å². The summed E-state index contributed by atoms with van der Waals surface area (Å²) >= 11 is 13.4. The van der Waals surface area contributed by atoms with Crippen molar-refractivity contribution in [1.29, 1.82) is 0 Å². The van der Waals surface area contributed by atoms with Crippen LogP contribution in [0.25, 0.3) is 6.08 Å². The average Bonchev–Trinajstić information content (AvgIpc) is 3.47. The number of para-hydroxylation sites is 1. The Morgan fingerprint density at radius 3 is 2.61 bits per heavy atom. The summed E-state index contributed by atoms with van der Waals surface area (Å²) in [6.45, 7) is 0.795. The molecule has 0 unspecified atom stereocenters. The van der Waals surface area contributed by atoms with E-state index in [1.54, 1.807) is 16.9 Å². The van der Waals surface area contributed by atoms with Crippen molar-refractivity contribution in [2.45, 2.75) is 13.2 Å². The van der Waals surface area contributed by atoms with Gasteiger partial charge in [-0.05, 0) is 65.4 Å². The SMILES string of the molecule is O=C1NC(=Nc2ccccc2)S/C1=C\c1ccc(OCc2cnnn2Cc2ccc(Cl)c(Cl)c2)cc1. The quantitative estimate of drug-likeness (QED) is 0.289. The van der Waals surface area contributed by atoms with Gasteiger partial charge in [-0.3, -0.25) is 4.79 Å². The van der Waals surface area contributed by atoms with Gasteiger partial charge in [0.15, 0.2) is 5.17 Å². The highest BCUT2D eigenvalue weighted by Crippen LogP contribution is 2.28. The number of halogens is 2. The summed E-state index contributed by atoms with van der Waals surface area (Å²) in [5.41, 5.74) is 3.44. The Morgan fingerprint density at radius 2 is 1.83 bits per heavy atom. The van der Waals surface area contributed by atoms with Crippen LogP contribution in [0.2, 0.25) is 10.0 Å². The predicted octanol–water partition coefficient (Wildman–Crippen LogP) is 6.10. The molecule has 7 nitrogen and oxygen atoms in total. The highest BCUT2D eigenvalue weighted by atomic mass is 35.5. The van der Waals surface area contributed by atoms with Crippen molar-refractivity contribution in [3.8, 4) is 5.75 Å². The molecule has 1 N–H and O–H groups in total. The minimum absolute atomic E-state index is 0.169. The van der Waals surface area contributed by atoms with Crippen molar-refractivity contribution in [3.63, 3.8) is 0 Å². The van der Waals surface area contributed by atoms with Crippen molar-refractivity contribution >= 4 is 57.8 Å². The molecule has 10 heteroatoms. The van der Waals surface area contributed by atoms with Gasteiger partial charge in [0.25, 0.3) is 5.91 Å². The first kappa shape index (κ1) is 24.1. The lowest BCUT2D eigenvalue weighted by atomic mass is 10.2. The molecule has 4 aromatic rings. The second-order valence-corrected chi connectivity index (χ2v) is 9.65. The Morgan fingerprint density at radius 1 is 1.03 bits per heavy atom. The molecular weight excluding hydrogens is 517 g/mol. The van der Waals surface area contributed by atoms with E-state index >= 15 is 0 Å². The fraction of sp³-hybridized carbons (Fsp3) is 0.0769. The molecular formula is C26H19Cl2N5O2S. The fourth-order valence-corrected chi connectivity index (χ4v) is 4.57. The lowest BCUT2D eigenvalue weighted by molar-refractivity contribution is -0.115. The summed E-state index contributed by atoms with van der Waals surface area (Å²) in [6.07, 6.45) is 3.49. The van der Waals surface area contributed by atoms with E-state index in [9.17, 15) is 4.79 Å². The molecule has 0 saturated carbocycles. The number of aromatic nitrogens is 3. The maximum Gasteiger partial charge on any atom is 0.264 e. The van der Waals surface area contributed by atoms with Crippen molar-refractivity contribution in [1.82, 2.24) is 20.3 Å². The third kappa shape index (κ3) is 5.96. The number of amidine groups is 1. The Labute approximate surface area is 221 Å². The molecule has 3 aromatic carbocycles. The topological polar surface area (TPSA) is 81.4 Å². The maximum absolute atomic E-state index is 12.3. The number of nitrogens with one attached hydrogen (secondary N) is 1. The molecule has 0 bridgehead atoms. The molecule has 1 fully saturated rings. The first-order valence-electron chi connectivity index (χ1n) is 10.9. The molecule has 1 saturated heterocycles. The molecule has 0 radical (unpaired) electrons. The van der Waals surface area contributed by atoms with Gasteiger partial charge in [-0.25, -0.2) is 9.67 Å². The lowest BCUT2D eigenvalue weighted by Crippen LogP contribution is -2.19. The summed E-state index contributed by atoms with van der Waals surface area (Å²) in [6, 6.07) is 22.5. The normalized spacial score (nSPS) is 15.4. The molecule has 0 spiro atoms. The second kappa shape index (κ2) is 11.0. The largest absolute Gasteiger partial charge is 0.487 e. The van der Waals surface area contributed by atoms with Crippen molar-refractivity contribution in [2.24, 2.45) is 4.99 Å². The number of benzene rings is 3. The first-order chi connectivity index (χ1) is 17.5. The van der Waals surface area contributed by atoms with Crippen LogP contribution < -0.4 is 10.1 Å². The number of thioether (sulfide) groups is 1. The Balaban J connectivity index is 1.20. The average molecular weight is 536 g/mol. The molecule has 0 aliphatic carbocycles. The molecule has 1 aliphatic rings. The van der Waals surface area contributed by atoms with Crippen LogP contribution in [0.15, 0.2) is 88.9 Å². The number of hydrogen-bond acceptors (Lipinski definition) is 6. The summed E-state index contributed by atoms with van der Waals surface area (Å²) in [7, 11) is 0. The molecule has 180 valence electrons. The van der Waals surface area contributed by atoms with E-state index in [1.165, 1.54) is 11.8 Å². The van der Waals surface area contributed by atoms with Crippen molar-refractivity contribution < 1.29 is 9.53 Å². The van der Waals surface area contributed by atoms with Crippen LogP contribution in [0.5, 0.6) is 5.75 Å². The molecule has 1 aromatic heterocycles. The van der Waals surface area contributed by atoms with Gasteiger partial charge in [0.2, 0.25) is 0 Å². The third-order valence-electron chi connectivity index (χ3n) is 5.22. The number of nitrogens with zero attached hydrogens (tertiary/aromatic N) is 4. The third-order valence-corrected chi connectivity index (χ3v) is 6.87. The minimum Gasteiger partial charge on any atom is -0.487 e. The zero-order valence-electron chi connectivity index (χ0n) is 18.8. The Hall–Kier alpha value is -3.59. The molecule has 1 amide bonds. The molecule has 5 rings (SSSR count). The van der Waals surface area contributed by atoms with E-state index in [2.05, 4.69) is 20.6 Å². The van der Waals surface area contributed by atoms with Crippen LogP contribution in [0.1, 0.15) is 16.8 Å². The van der Waals surface area contributed by atoms with Gasteiger partial charge >= 0.3 is 0 Å². The van der Waals surface area contributed by atoms with Gasteiger partial charge in [-0.2, -0.15) is 0 Å². The van der Waals surface area contributed by atoms with E-state index in [-0.39, 0.29) is 5.91 Å². The smallest absolute Gasteiger partial charge is 0.264 e. The van der Waals surface area contributed by atoms with Gasteiger partial charge < -0.3 is 10.1 Å². The van der Waals surface area contributed by atoms with E-state index in [1.807, 2.05) is 72.8 Å². The van der Waals surface area contributed by atoms with E-state index in [0.717, 1.165) is 22.5 Å². The van der Waals surface area contributed by atoms with E-state index in [0.29, 0.717) is 39.0 Å². The van der Waals surface area contributed by atoms with Crippen molar-refractivity contribution in [3.05, 3.63) is 111 Å². The van der Waals surface area contributed by atoms with Crippen LogP contribution in [-0.4, -0.2) is 26.1 Å². The van der Waals surface area contributed by atoms with Gasteiger partial charge in [0, 0.05) is 0 Å². The van der Waals surface area contributed by atoms with Crippen LogP contribution in [-0.2, 0) is 17.9 Å². The Bertz CT molecular complexity index is 1450. The number of carbonyl (C=O) groups excluding carboxylic acids is 1. The Kier molecular flexibility index (Phi) is 7.36. The van der Waals surface area contributed by atoms with Gasteiger partial charge in [-0.15, -0.1) is 5.10 Å². The fourth-order valence-electron chi connectivity index (χ4n) is 3.40. The molecule has 36 heavy (non-hydrogen) atoms. The zero-order valence-corrected chi connectivity index (χ0v) is 21.1. The number of aliphatic imine (C=N–C) groups is 1. The first-order valence-corrected chi connectivity index (χ1v) is 12.5. The highest BCUT2D eigenvalue weighted by Gasteiger charge is 2.23. The standard InChI is InChI=1S/C26H19Cl2N5O2S/c27-22-11-8-18(12-23(22)28)15-33-20(14-29-32-33)16-35-21-9-6-17(7-10-21)13-24-25(34)31-26(36-24)30-19-4-2-1-3-5-19/h1-14H,15-16H2,(H,30,31,34)/b24-13-. The number of hydrogen-bond donors (Lipinski definition) is 1. The number of carbonyl (C=O) groups is 1. The summed E-state index contributed by atoms with van der Waals surface area (Å²) < 4.78 is 7.68. The molecule has 2 heterocycles. The monoisotopic (exact) mass is 535 g/mol. The van der Waals surface area contributed by atoms with Crippen LogP contribution in [0, 0.1) is 0 Å². The van der Waals surface area contributed by atoms with E-state index in [4.69, 9.17) is 27.9 Å².